The van der Waals surface area contributed by atoms with Crippen LogP contribution >= 0.6 is 35.4 Å². The molecular formula is C24H17Cl2N3O2S. The summed E-state index contributed by atoms with van der Waals surface area (Å²) in [6.45, 7) is 0. The van der Waals surface area contributed by atoms with Crippen molar-refractivity contribution in [1.29, 1.82) is 0 Å². The van der Waals surface area contributed by atoms with E-state index in [0.717, 1.165) is 16.9 Å². The molecule has 32 heavy (non-hydrogen) atoms. The number of nitrogens with one attached hydrogen (secondary N) is 1. The molecule has 1 aliphatic rings. The highest BCUT2D eigenvalue weighted by atomic mass is 35.5. The fourth-order valence-electron chi connectivity index (χ4n) is 3.88. The number of phenols is 1. The number of furan rings is 1. The van der Waals surface area contributed by atoms with E-state index in [0.29, 0.717) is 26.7 Å². The van der Waals surface area contributed by atoms with E-state index >= 15 is 0 Å². The van der Waals surface area contributed by atoms with E-state index in [1.54, 1.807) is 30.5 Å². The molecule has 1 fully saturated rings. The average Bonchev–Trinajstić information content (AvgIpc) is 3.39. The van der Waals surface area contributed by atoms with Gasteiger partial charge in [0.2, 0.25) is 0 Å². The fraction of sp³-hybridized carbons (Fsp3) is 0.0833. The Hall–Kier alpha value is -3.06. The molecule has 8 heteroatoms. The number of aromatic nitrogens is 1. The first kappa shape index (κ1) is 20.8. The van der Waals surface area contributed by atoms with Crippen molar-refractivity contribution in [2.75, 3.05) is 4.90 Å². The number of pyridine rings is 1. The first-order valence-electron chi connectivity index (χ1n) is 9.86. The Balaban J connectivity index is 1.60. The Kier molecular flexibility index (Phi) is 5.51. The van der Waals surface area contributed by atoms with Crippen LogP contribution in [-0.2, 0) is 0 Å². The number of hydrogen-bond acceptors (Lipinski definition) is 4. The first-order chi connectivity index (χ1) is 15.5. The van der Waals surface area contributed by atoms with Gasteiger partial charge >= 0.3 is 0 Å². The van der Waals surface area contributed by atoms with Crippen LogP contribution in [0.3, 0.4) is 0 Å². The van der Waals surface area contributed by atoms with Gasteiger partial charge in [0, 0.05) is 22.5 Å². The van der Waals surface area contributed by atoms with Gasteiger partial charge in [-0.05, 0) is 78.9 Å². The van der Waals surface area contributed by atoms with Gasteiger partial charge in [-0.3, -0.25) is 4.98 Å². The second kappa shape index (κ2) is 8.47. The van der Waals surface area contributed by atoms with Crippen LogP contribution in [0, 0.1) is 0 Å². The summed E-state index contributed by atoms with van der Waals surface area (Å²) in [6, 6.07) is 21.2. The normalized spacial score (nSPS) is 18.1. The summed E-state index contributed by atoms with van der Waals surface area (Å²) < 4.78 is 6.30. The zero-order chi connectivity index (χ0) is 22.2. The van der Waals surface area contributed by atoms with Crippen molar-refractivity contribution in [1.82, 2.24) is 10.3 Å². The van der Waals surface area contributed by atoms with Crippen molar-refractivity contribution in [2.24, 2.45) is 0 Å². The summed E-state index contributed by atoms with van der Waals surface area (Å²) in [5.74, 6) is 1.51. The van der Waals surface area contributed by atoms with Crippen molar-refractivity contribution >= 4 is 46.2 Å². The molecular weight excluding hydrogens is 465 g/mol. The first-order valence-corrected chi connectivity index (χ1v) is 11.0. The van der Waals surface area contributed by atoms with Crippen LogP contribution in [0.4, 0.5) is 5.69 Å². The van der Waals surface area contributed by atoms with Gasteiger partial charge in [0.1, 0.15) is 23.3 Å². The van der Waals surface area contributed by atoms with E-state index in [1.807, 2.05) is 53.4 Å². The molecule has 0 radical (unpaired) electrons. The Morgan fingerprint density at radius 2 is 1.81 bits per heavy atom. The molecule has 2 aromatic carbocycles. The Morgan fingerprint density at radius 3 is 2.53 bits per heavy atom. The number of aromatic hydroxyl groups is 1. The van der Waals surface area contributed by atoms with E-state index < -0.39 is 0 Å². The SMILES string of the molecule is Oc1ccc(N2C(=S)N[C@@H](c3ccccn3)[C@H]2c2ccc(-c3ccc(Cl)cc3Cl)o2)cc1. The zero-order valence-electron chi connectivity index (χ0n) is 16.6. The summed E-state index contributed by atoms with van der Waals surface area (Å²) >= 11 is 18.1. The highest BCUT2D eigenvalue weighted by molar-refractivity contribution is 7.80. The van der Waals surface area contributed by atoms with E-state index in [-0.39, 0.29) is 17.8 Å². The van der Waals surface area contributed by atoms with Crippen LogP contribution in [0.25, 0.3) is 11.3 Å². The molecule has 0 bridgehead atoms. The lowest BCUT2D eigenvalue weighted by Crippen LogP contribution is -2.29. The third kappa shape index (κ3) is 3.81. The Labute approximate surface area is 200 Å². The average molecular weight is 482 g/mol. The molecule has 4 aromatic rings. The molecule has 5 nitrogen and oxygen atoms in total. The molecule has 1 aliphatic heterocycles. The predicted molar refractivity (Wildman–Crippen MR) is 130 cm³/mol. The lowest BCUT2D eigenvalue weighted by molar-refractivity contribution is 0.439. The van der Waals surface area contributed by atoms with Gasteiger partial charge < -0.3 is 19.7 Å². The lowest BCUT2D eigenvalue weighted by Gasteiger charge is -2.26. The smallest absolute Gasteiger partial charge is 0.174 e. The quantitative estimate of drug-likeness (QED) is 0.323. The van der Waals surface area contributed by atoms with Crippen LogP contribution in [0.5, 0.6) is 5.75 Å². The molecule has 0 unspecified atom stereocenters. The number of halogens is 2. The Bertz CT molecular complexity index is 1280. The van der Waals surface area contributed by atoms with E-state index in [9.17, 15) is 5.11 Å². The summed E-state index contributed by atoms with van der Waals surface area (Å²) in [6.07, 6.45) is 1.75. The molecule has 0 spiro atoms. The van der Waals surface area contributed by atoms with Crippen LogP contribution in [0.15, 0.2) is 83.4 Å². The third-order valence-corrected chi connectivity index (χ3v) is 6.20. The Morgan fingerprint density at radius 1 is 1.00 bits per heavy atom. The molecule has 1 saturated heterocycles. The summed E-state index contributed by atoms with van der Waals surface area (Å²) in [4.78, 5) is 6.51. The van der Waals surface area contributed by atoms with Crippen molar-refractivity contribution in [3.05, 3.63) is 100 Å². The van der Waals surface area contributed by atoms with Gasteiger partial charge in [-0.1, -0.05) is 29.3 Å². The minimum atomic E-state index is -0.304. The van der Waals surface area contributed by atoms with Crippen LogP contribution in [-0.4, -0.2) is 15.2 Å². The fourth-order valence-corrected chi connectivity index (χ4v) is 4.73. The van der Waals surface area contributed by atoms with Crippen molar-refractivity contribution < 1.29 is 9.52 Å². The number of nitrogens with zero attached hydrogens (tertiary/aromatic N) is 2. The standard InChI is InChI=1S/C24H17Cl2N3O2S/c25-14-4-9-17(18(26)13-14)20-10-11-21(31-20)23-22(19-3-1-2-12-27-19)28-24(32)29(23)15-5-7-16(30)8-6-15/h1-13,22-23,30H,(H,28,32)/t22-,23+/m0/s1. The summed E-state index contributed by atoms with van der Waals surface area (Å²) in [5, 5.41) is 14.7. The topological polar surface area (TPSA) is 61.5 Å². The molecule has 2 aromatic heterocycles. The molecule has 0 aliphatic carbocycles. The molecule has 160 valence electrons. The molecule has 5 rings (SSSR count). The number of hydrogen-bond donors (Lipinski definition) is 2. The minimum absolute atomic E-state index is 0.183. The highest BCUT2D eigenvalue weighted by Crippen LogP contribution is 2.43. The monoisotopic (exact) mass is 481 g/mol. The highest BCUT2D eigenvalue weighted by Gasteiger charge is 2.42. The van der Waals surface area contributed by atoms with Crippen molar-refractivity contribution in [3.63, 3.8) is 0 Å². The zero-order valence-corrected chi connectivity index (χ0v) is 18.9. The summed E-state index contributed by atoms with van der Waals surface area (Å²) in [7, 11) is 0. The van der Waals surface area contributed by atoms with E-state index in [4.69, 9.17) is 39.8 Å². The van der Waals surface area contributed by atoms with Crippen molar-refractivity contribution in [2.45, 2.75) is 12.1 Å². The molecule has 0 saturated carbocycles. The van der Waals surface area contributed by atoms with Gasteiger partial charge in [0.25, 0.3) is 0 Å². The second-order valence-corrected chi connectivity index (χ2v) is 8.57. The largest absolute Gasteiger partial charge is 0.508 e. The molecule has 2 atom stereocenters. The number of anilines is 1. The second-order valence-electron chi connectivity index (χ2n) is 7.34. The maximum absolute atomic E-state index is 9.74. The lowest BCUT2D eigenvalue weighted by atomic mass is 10.0. The molecule has 2 N–H and O–H groups in total. The number of phenolic OH excluding ortho intramolecular Hbond substituents is 1. The van der Waals surface area contributed by atoms with Crippen molar-refractivity contribution in [3.8, 4) is 17.1 Å². The number of benzene rings is 2. The third-order valence-electron chi connectivity index (χ3n) is 5.34. The van der Waals surface area contributed by atoms with Gasteiger partial charge in [0.05, 0.1) is 16.8 Å². The van der Waals surface area contributed by atoms with Crippen LogP contribution in [0.2, 0.25) is 10.0 Å². The van der Waals surface area contributed by atoms with Gasteiger partial charge in [-0.15, -0.1) is 0 Å². The van der Waals surface area contributed by atoms with Gasteiger partial charge in [-0.2, -0.15) is 0 Å². The van der Waals surface area contributed by atoms with Crippen LogP contribution < -0.4 is 10.2 Å². The summed E-state index contributed by atoms with van der Waals surface area (Å²) in [5.41, 5.74) is 2.41. The maximum atomic E-state index is 9.74. The predicted octanol–water partition coefficient (Wildman–Crippen LogP) is 6.53. The molecule has 3 heterocycles. The number of thiocarbonyl (C=S) groups is 1. The van der Waals surface area contributed by atoms with E-state index in [1.165, 1.54) is 0 Å². The molecule has 0 amide bonds. The maximum Gasteiger partial charge on any atom is 0.174 e. The van der Waals surface area contributed by atoms with Gasteiger partial charge in [-0.25, -0.2) is 0 Å². The number of rotatable bonds is 4. The van der Waals surface area contributed by atoms with E-state index in [2.05, 4.69) is 10.3 Å². The minimum Gasteiger partial charge on any atom is -0.508 e. The van der Waals surface area contributed by atoms with Crippen LogP contribution in [0.1, 0.15) is 23.5 Å². The van der Waals surface area contributed by atoms with Gasteiger partial charge in [0.15, 0.2) is 5.11 Å².